The summed E-state index contributed by atoms with van der Waals surface area (Å²) in [4.78, 5) is 12.4. The van der Waals surface area contributed by atoms with Crippen molar-refractivity contribution in [2.75, 3.05) is 25.3 Å². The SMILES string of the molecule is COc1ccc(OC(C)c2nnc(SCC(=O)Nc3cc(C)ccc3OC)n2C)cc1. The van der Waals surface area contributed by atoms with Gasteiger partial charge in [-0.15, -0.1) is 10.2 Å². The van der Waals surface area contributed by atoms with Crippen LogP contribution in [-0.2, 0) is 11.8 Å². The van der Waals surface area contributed by atoms with Gasteiger partial charge in [-0.3, -0.25) is 4.79 Å². The maximum atomic E-state index is 12.4. The van der Waals surface area contributed by atoms with Gasteiger partial charge >= 0.3 is 0 Å². The molecule has 0 aliphatic heterocycles. The topological polar surface area (TPSA) is 87.5 Å². The minimum atomic E-state index is -0.314. The quantitative estimate of drug-likeness (QED) is 0.501. The number of benzene rings is 2. The predicted octanol–water partition coefficient (Wildman–Crippen LogP) is 4.01. The number of rotatable bonds is 9. The Bertz CT molecular complexity index is 1040. The van der Waals surface area contributed by atoms with Crippen molar-refractivity contribution in [3.8, 4) is 17.2 Å². The lowest BCUT2D eigenvalue weighted by Gasteiger charge is -2.14. The van der Waals surface area contributed by atoms with Crippen LogP contribution in [0.5, 0.6) is 17.2 Å². The number of hydrogen-bond acceptors (Lipinski definition) is 7. The Kier molecular flexibility index (Phi) is 7.41. The van der Waals surface area contributed by atoms with E-state index < -0.39 is 0 Å². The summed E-state index contributed by atoms with van der Waals surface area (Å²) in [6.45, 7) is 3.86. The van der Waals surface area contributed by atoms with E-state index in [0.717, 1.165) is 11.3 Å². The number of amides is 1. The van der Waals surface area contributed by atoms with Crippen molar-refractivity contribution in [2.24, 2.45) is 7.05 Å². The molecule has 31 heavy (non-hydrogen) atoms. The summed E-state index contributed by atoms with van der Waals surface area (Å²) in [6, 6.07) is 13.0. The van der Waals surface area contributed by atoms with Gasteiger partial charge in [0, 0.05) is 7.05 Å². The highest BCUT2D eigenvalue weighted by atomic mass is 32.2. The molecular weight excluding hydrogens is 416 g/mol. The van der Waals surface area contributed by atoms with Gasteiger partial charge in [0.1, 0.15) is 17.2 Å². The average Bonchev–Trinajstić information content (AvgIpc) is 3.13. The van der Waals surface area contributed by atoms with Gasteiger partial charge in [0.05, 0.1) is 25.7 Å². The molecule has 0 fully saturated rings. The molecule has 0 saturated heterocycles. The molecule has 0 aliphatic carbocycles. The van der Waals surface area contributed by atoms with Crippen LogP contribution in [0.2, 0.25) is 0 Å². The van der Waals surface area contributed by atoms with E-state index in [1.54, 1.807) is 14.2 Å². The number of nitrogens with one attached hydrogen (secondary N) is 1. The molecule has 1 amide bonds. The lowest BCUT2D eigenvalue weighted by Crippen LogP contribution is -2.15. The summed E-state index contributed by atoms with van der Waals surface area (Å²) >= 11 is 1.31. The zero-order valence-corrected chi connectivity index (χ0v) is 19.0. The molecule has 0 spiro atoms. The van der Waals surface area contributed by atoms with Crippen LogP contribution in [-0.4, -0.2) is 40.6 Å². The Morgan fingerprint density at radius 2 is 1.81 bits per heavy atom. The molecule has 3 aromatic rings. The number of carbonyl (C=O) groups is 1. The third-order valence-corrected chi connectivity index (χ3v) is 5.59. The lowest BCUT2D eigenvalue weighted by atomic mass is 10.2. The molecule has 164 valence electrons. The fourth-order valence-corrected chi connectivity index (χ4v) is 3.67. The van der Waals surface area contributed by atoms with E-state index >= 15 is 0 Å². The van der Waals surface area contributed by atoms with Crippen molar-refractivity contribution in [1.29, 1.82) is 0 Å². The molecule has 0 saturated carbocycles. The number of thioether (sulfide) groups is 1. The third-order valence-electron chi connectivity index (χ3n) is 4.57. The molecular formula is C22H26N4O4S. The summed E-state index contributed by atoms with van der Waals surface area (Å²) in [7, 11) is 5.05. The molecule has 1 atom stereocenters. The van der Waals surface area contributed by atoms with Crippen molar-refractivity contribution >= 4 is 23.4 Å². The van der Waals surface area contributed by atoms with Crippen molar-refractivity contribution in [3.63, 3.8) is 0 Å². The molecule has 0 bridgehead atoms. The molecule has 9 heteroatoms. The van der Waals surface area contributed by atoms with Gasteiger partial charge in [-0.25, -0.2) is 0 Å². The van der Waals surface area contributed by atoms with Gasteiger partial charge in [-0.05, 0) is 55.8 Å². The molecule has 1 unspecified atom stereocenters. The fraction of sp³-hybridized carbons (Fsp3) is 0.318. The minimum Gasteiger partial charge on any atom is -0.497 e. The molecule has 1 N–H and O–H groups in total. The highest BCUT2D eigenvalue weighted by Crippen LogP contribution is 2.27. The van der Waals surface area contributed by atoms with Crippen molar-refractivity contribution in [1.82, 2.24) is 14.8 Å². The first-order valence-corrected chi connectivity index (χ1v) is 10.7. The van der Waals surface area contributed by atoms with Crippen LogP contribution in [0.1, 0.15) is 24.4 Å². The first-order chi connectivity index (χ1) is 14.9. The highest BCUT2D eigenvalue weighted by molar-refractivity contribution is 7.99. The number of carbonyl (C=O) groups excluding carboxylic acids is 1. The third kappa shape index (κ3) is 5.69. The van der Waals surface area contributed by atoms with Crippen molar-refractivity contribution in [3.05, 3.63) is 53.9 Å². The van der Waals surface area contributed by atoms with Crippen molar-refractivity contribution in [2.45, 2.75) is 25.1 Å². The van der Waals surface area contributed by atoms with Crippen LogP contribution in [0.3, 0.4) is 0 Å². The number of anilines is 1. The Balaban J connectivity index is 1.59. The molecule has 1 aromatic heterocycles. The summed E-state index contributed by atoms with van der Waals surface area (Å²) in [5, 5.41) is 12.0. The fourth-order valence-electron chi connectivity index (χ4n) is 2.95. The monoisotopic (exact) mass is 442 g/mol. The van der Waals surface area contributed by atoms with E-state index in [9.17, 15) is 4.79 Å². The normalized spacial score (nSPS) is 11.6. The standard InChI is InChI=1S/C22H26N4O4S/c1-14-6-11-19(29-5)18(12-14)23-20(27)13-31-22-25-24-21(26(22)3)15(2)30-17-9-7-16(28-4)8-10-17/h6-12,15H,13H2,1-5H3,(H,23,27). The van der Waals surface area contributed by atoms with Crippen LogP contribution < -0.4 is 19.5 Å². The van der Waals surface area contributed by atoms with E-state index in [1.807, 2.05) is 67.9 Å². The summed E-state index contributed by atoms with van der Waals surface area (Å²) in [5.41, 5.74) is 1.68. The van der Waals surface area contributed by atoms with Crippen LogP contribution >= 0.6 is 11.8 Å². The summed E-state index contributed by atoms with van der Waals surface area (Å²) < 4.78 is 18.3. The van der Waals surface area contributed by atoms with Crippen LogP contribution in [0.4, 0.5) is 5.69 Å². The highest BCUT2D eigenvalue weighted by Gasteiger charge is 2.18. The lowest BCUT2D eigenvalue weighted by molar-refractivity contribution is -0.113. The Hall–Kier alpha value is -3.20. The molecule has 1 heterocycles. The van der Waals surface area contributed by atoms with Crippen LogP contribution in [0, 0.1) is 6.92 Å². The number of hydrogen-bond donors (Lipinski definition) is 1. The Morgan fingerprint density at radius 3 is 2.48 bits per heavy atom. The second kappa shape index (κ2) is 10.2. The summed E-state index contributed by atoms with van der Waals surface area (Å²) in [5.74, 6) is 2.79. The van der Waals surface area contributed by atoms with E-state index in [4.69, 9.17) is 14.2 Å². The maximum Gasteiger partial charge on any atom is 0.234 e. The zero-order chi connectivity index (χ0) is 22.4. The van der Waals surface area contributed by atoms with E-state index in [-0.39, 0.29) is 17.8 Å². The van der Waals surface area contributed by atoms with Gasteiger partial charge in [-0.1, -0.05) is 17.8 Å². The second-order valence-electron chi connectivity index (χ2n) is 6.88. The van der Waals surface area contributed by atoms with Gasteiger partial charge in [0.15, 0.2) is 17.1 Å². The molecule has 8 nitrogen and oxygen atoms in total. The van der Waals surface area contributed by atoms with Gasteiger partial charge < -0.3 is 24.1 Å². The van der Waals surface area contributed by atoms with E-state index in [2.05, 4.69) is 15.5 Å². The smallest absolute Gasteiger partial charge is 0.234 e. The van der Waals surface area contributed by atoms with Gasteiger partial charge in [0.2, 0.25) is 5.91 Å². The summed E-state index contributed by atoms with van der Waals surface area (Å²) in [6.07, 6.45) is -0.314. The minimum absolute atomic E-state index is 0.152. The van der Waals surface area contributed by atoms with E-state index in [0.29, 0.717) is 28.2 Å². The van der Waals surface area contributed by atoms with Gasteiger partial charge in [-0.2, -0.15) is 0 Å². The first-order valence-electron chi connectivity index (χ1n) is 9.68. The average molecular weight is 443 g/mol. The van der Waals surface area contributed by atoms with Crippen LogP contribution in [0.15, 0.2) is 47.6 Å². The van der Waals surface area contributed by atoms with Crippen molar-refractivity contribution < 1.29 is 19.0 Å². The predicted molar refractivity (Wildman–Crippen MR) is 120 cm³/mol. The Labute approximate surface area is 185 Å². The molecule has 0 aliphatic rings. The molecule has 3 rings (SSSR count). The van der Waals surface area contributed by atoms with E-state index in [1.165, 1.54) is 11.8 Å². The van der Waals surface area contributed by atoms with Crippen LogP contribution in [0.25, 0.3) is 0 Å². The Morgan fingerprint density at radius 1 is 1.10 bits per heavy atom. The number of aryl methyl sites for hydroxylation is 1. The number of nitrogens with zero attached hydrogens (tertiary/aromatic N) is 3. The first kappa shape index (κ1) is 22.5. The zero-order valence-electron chi connectivity index (χ0n) is 18.2. The second-order valence-corrected chi connectivity index (χ2v) is 7.82. The molecule has 0 radical (unpaired) electrons. The molecule has 2 aromatic carbocycles. The maximum absolute atomic E-state index is 12.4. The number of methoxy groups -OCH3 is 2. The van der Waals surface area contributed by atoms with Gasteiger partial charge in [0.25, 0.3) is 0 Å². The number of aromatic nitrogens is 3. The largest absolute Gasteiger partial charge is 0.497 e. The number of ether oxygens (including phenoxy) is 3.